The van der Waals surface area contributed by atoms with Crippen LogP contribution < -0.4 is 9.47 Å². The van der Waals surface area contributed by atoms with Crippen LogP contribution >= 0.6 is 0 Å². The first-order chi connectivity index (χ1) is 11.1. The summed E-state index contributed by atoms with van der Waals surface area (Å²) in [5.41, 5.74) is 0.460. The number of aliphatic hydroxyl groups is 1. The number of fused-ring (bicyclic) bond motifs is 1. The van der Waals surface area contributed by atoms with Gasteiger partial charge in [0, 0.05) is 0 Å². The summed E-state index contributed by atoms with van der Waals surface area (Å²) in [5.74, 6) is 0.0829. The molecule has 1 unspecified atom stereocenters. The largest absolute Gasteiger partial charge is 0.518 e. The van der Waals surface area contributed by atoms with Gasteiger partial charge in [-0.2, -0.15) is 0 Å². The van der Waals surface area contributed by atoms with Crippen molar-refractivity contribution in [2.45, 2.75) is 6.10 Å². The van der Waals surface area contributed by atoms with Gasteiger partial charge < -0.3 is 19.3 Å². The maximum atomic E-state index is 12.5. The van der Waals surface area contributed by atoms with Crippen LogP contribution in [0, 0.1) is 0 Å². The second-order valence-electron chi connectivity index (χ2n) is 4.69. The highest BCUT2D eigenvalue weighted by molar-refractivity contribution is 6.04. The average molecular weight is 312 g/mol. The standard InChI is InChI=1S/C17H12O6/c1-2-21-17(20)23-15-11(8-9-12-16(15)22-12)14(19)13(18)10-6-4-3-5-7-10/h2-9,13,18H,1H2. The summed E-state index contributed by atoms with van der Waals surface area (Å²) in [6.45, 7) is 3.24. The summed E-state index contributed by atoms with van der Waals surface area (Å²) < 4.78 is 14.6. The highest BCUT2D eigenvalue weighted by Gasteiger charge is 2.34. The molecule has 6 nitrogen and oxygen atoms in total. The van der Waals surface area contributed by atoms with E-state index in [2.05, 4.69) is 11.3 Å². The normalized spacial score (nSPS) is 12.4. The smallest absolute Gasteiger partial charge is 0.445 e. The quantitative estimate of drug-likeness (QED) is 0.256. The van der Waals surface area contributed by atoms with Gasteiger partial charge in [0.2, 0.25) is 5.75 Å². The van der Waals surface area contributed by atoms with Crippen molar-refractivity contribution in [2.24, 2.45) is 0 Å². The zero-order chi connectivity index (χ0) is 16.4. The van der Waals surface area contributed by atoms with Crippen molar-refractivity contribution in [3.8, 4) is 17.2 Å². The van der Waals surface area contributed by atoms with Crippen LogP contribution in [0.2, 0.25) is 0 Å². The Morgan fingerprint density at radius 2 is 1.91 bits per heavy atom. The van der Waals surface area contributed by atoms with Gasteiger partial charge in [-0.1, -0.05) is 36.9 Å². The second-order valence-corrected chi connectivity index (χ2v) is 4.69. The summed E-state index contributed by atoms with van der Waals surface area (Å²) in [4.78, 5) is 24.0. The van der Waals surface area contributed by atoms with Crippen LogP contribution in [0.15, 0.2) is 55.3 Å². The average Bonchev–Trinajstić information content (AvgIpc) is 3.35. The number of aliphatic hydroxyl groups excluding tert-OH is 1. The van der Waals surface area contributed by atoms with E-state index in [0.29, 0.717) is 11.3 Å². The molecule has 2 aromatic rings. The molecule has 2 aromatic carbocycles. The first-order valence-corrected chi connectivity index (χ1v) is 6.73. The van der Waals surface area contributed by atoms with Crippen molar-refractivity contribution in [2.75, 3.05) is 0 Å². The molecule has 1 heterocycles. The Labute approximate surface area is 131 Å². The molecule has 0 radical (unpaired) electrons. The van der Waals surface area contributed by atoms with E-state index in [4.69, 9.17) is 9.47 Å². The molecule has 6 heteroatoms. The molecule has 0 spiro atoms. The topological polar surface area (TPSA) is 85.4 Å². The lowest BCUT2D eigenvalue weighted by molar-refractivity contribution is 0.0743. The van der Waals surface area contributed by atoms with Crippen LogP contribution in [-0.4, -0.2) is 17.0 Å². The zero-order valence-corrected chi connectivity index (χ0v) is 11.9. The van der Waals surface area contributed by atoms with Gasteiger partial charge in [0.1, 0.15) is 6.10 Å². The van der Waals surface area contributed by atoms with E-state index >= 15 is 0 Å². The van der Waals surface area contributed by atoms with Crippen molar-refractivity contribution in [3.05, 3.63) is 66.4 Å². The highest BCUT2D eigenvalue weighted by atomic mass is 16.7. The minimum Gasteiger partial charge on any atom is -0.445 e. The fourth-order valence-electron chi connectivity index (χ4n) is 2.11. The fourth-order valence-corrected chi connectivity index (χ4v) is 2.11. The molecule has 3 rings (SSSR count). The van der Waals surface area contributed by atoms with E-state index in [0.717, 1.165) is 6.26 Å². The fraction of sp³-hybridized carbons (Fsp3) is 0.0588. The van der Waals surface area contributed by atoms with Gasteiger partial charge in [0.15, 0.2) is 17.3 Å². The molecule has 116 valence electrons. The Bertz CT molecular complexity index is 781. The molecule has 0 aromatic heterocycles. The van der Waals surface area contributed by atoms with E-state index < -0.39 is 18.0 Å². The number of ether oxygens (including phenoxy) is 3. The molecule has 23 heavy (non-hydrogen) atoms. The molecule has 0 saturated heterocycles. The van der Waals surface area contributed by atoms with Crippen LogP contribution in [-0.2, 0) is 4.74 Å². The number of benzene rings is 2. The van der Waals surface area contributed by atoms with E-state index in [1.165, 1.54) is 6.07 Å². The first-order valence-electron chi connectivity index (χ1n) is 6.73. The molecule has 1 aliphatic rings. The lowest BCUT2D eigenvalue weighted by Crippen LogP contribution is -2.15. The summed E-state index contributed by atoms with van der Waals surface area (Å²) in [6, 6.07) is 11.4. The number of Topliss-reactive ketones (excluding diaryl/α,β-unsaturated/α-hetero) is 1. The summed E-state index contributed by atoms with van der Waals surface area (Å²) in [7, 11) is 0. The van der Waals surface area contributed by atoms with Crippen molar-refractivity contribution < 1.29 is 28.9 Å². The van der Waals surface area contributed by atoms with Gasteiger partial charge in [-0.25, -0.2) is 4.79 Å². The molecule has 0 saturated carbocycles. The minimum absolute atomic E-state index is 0.0265. The van der Waals surface area contributed by atoms with Gasteiger partial charge in [0.25, 0.3) is 0 Å². The summed E-state index contributed by atoms with van der Waals surface area (Å²) in [5, 5.41) is 10.2. The Morgan fingerprint density at radius 3 is 2.61 bits per heavy atom. The van der Waals surface area contributed by atoms with Gasteiger partial charge in [0.05, 0.1) is 11.8 Å². The van der Waals surface area contributed by atoms with Gasteiger partial charge >= 0.3 is 6.16 Å². The van der Waals surface area contributed by atoms with Crippen molar-refractivity contribution >= 4 is 11.9 Å². The number of hydrogen-bond acceptors (Lipinski definition) is 6. The minimum atomic E-state index is -1.38. The predicted octanol–water partition coefficient (Wildman–Crippen LogP) is 3.37. The SMILES string of the molecule is C=COC(=O)Oc1c(C(=O)C(O)c2ccccc2)ccc2c1O2. The molecule has 0 aliphatic carbocycles. The predicted molar refractivity (Wildman–Crippen MR) is 79.6 cm³/mol. The van der Waals surface area contributed by atoms with Gasteiger partial charge in [-0.05, 0) is 17.7 Å². The second kappa shape index (κ2) is 5.94. The third-order valence-corrected chi connectivity index (χ3v) is 3.24. The Hall–Kier alpha value is -3.12. The first kappa shape index (κ1) is 14.8. The van der Waals surface area contributed by atoms with E-state index in [9.17, 15) is 14.7 Å². The molecular formula is C17H12O6. The van der Waals surface area contributed by atoms with Crippen LogP contribution in [0.4, 0.5) is 4.79 Å². The number of ketones is 1. The summed E-state index contributed by atoms with van der Waals surface area (Å²) in [6.07, 6.45) is -1.52. The molecule has 1 N–H and O–H groups in total. The number of carbonyl (C=O) groups is 2. The van der Waals surface area contributed by atoms with Gasteiger partial charge in [-0.3, -0.25) is 4.79 Å². The third kappa shape index (κ3) is 2.93. The van der Waals surface area contributed by atoms with E-state index in [1.807, 2.05) is 0 Å². The monoisotopic (exact) mass is 312 g/mol. The molecular weight excluding hydrogens is 300 g/mol. The molecule has 1 aliphatic heterocycles. The molecule has 0 amide bonds. The van der Waals surface area contributed by atoms with Crippen LogP contribution in [0.5, 0.6) is 17.2 Å². The number of rotatable bonds is 5. The molecule has 0 fully saturated rings. The Balaban J connectivity index is 1.91. The Morgan fingerprint density at radius 1 is 1.17 bits per heavy atom. The van der Waals surface area contributed by atoms with Gasteiger partial charge in [-0.15, -0.1) is 0 Å². The number of carbonyl (C=O) groups excluding carboxylic acids is 2. The van der Waals surface area contributed by atoms with Crippen molar-refractivity contribution in [3.63, 3.8) is 0 Å². The van der Waals surface area contributed by atoms with E-state index in [1.54, 1.807) is 36.4 Å². The maximum absolute atomic E-state index is 12.5. The third-order valence-electron chi connectivity index (χ3n) is 3.24. The lowest BCUT2D eigenvalue weighted by Gasteiger charge is -2.11. The van der Waals surface area contributed by atoms with E-state index in [-0.39, 0.29) is 17.1 Å². The summed E-state index contributed by atoms with van der Waals surface area (Å²) >= 11 is 0. The maximum Gasteiger partial charge on any atom is 0.518 e. The highest BCUT2D eigenvalue weighted by Crippen LogP contribution is 2.54. The van der Waals surface area contributed by atoms with Crippen molar-refractivity contribution in [1.29, 1.82) is 0 Å². The Kier molecular flexibility index (Phi) is 3.82. The van der Waals surface area contributed by atoms with Crippen LogP contribution in [0.3, 0.4) is 0 Å². The van der Waals surface area contributed by atoms with Crippen LogP contribution in [0.25, 0.3) is 0 Å². The lowest BCUT2D eigenvalue weighted by atomic mass is 9.99. The van der Waals surface area contributed by atoms with Crippen molar-refractivity contribution in [1.82, 2.24) is 0 Å². The zero-order valence-electron chi connectivity index (χ0n) is 11.9. The number of hydrogen-bond donors (Lipinski definition) is 1. The molecule has 1 atom stereocenters. The molecule has 0 bridgehead atoms. The van der Waals surface area contributed by atoms with Crippen LogP contribution in [0.1, 0.15) is 22.0 Å².